The second kappa shape index (κ2) is 4.40. The summed E-state index contributed by atoms with van der Waals surface area (Å²) in [5, 5.41) is 14.3. The molecule has 0 fully saturated rings. The van der Waals surface area contributed by atoms with E-state index < -0.39 is 6.10 Å². The van der Waals surface area contributed by atoms with Gasteiger partial charge in [-0.25, -0.2) is 0 Å². The number of benzene rings is 1. The third-order valence-corrected chi connectivity index (χ3v) is 3.74. The molecule has 0 aliphatic heterocycles. The van der Waals surface area contributed by atoms with Crippen molar-refractivity contribution in [3.63, 3.8) is 0 Å². The van der Waals surface area contributed by atoms with Gasteiger partial charge in [-0.1, -0.05) is 12.1 Å². The van der Waals surface area contributed by atoms with Gasteiger partial charge in [0.15, 0.2) is 0 Å². The van der Waals surface area contributed by atoms with Crippen LogP contribution < -0.4 is 0 Å². The van der Waals surface area contributed by atoms with Gasteiger partial charge in [-0.15, -0.1) is 0 Å². The van der Waals surface area contributed by atoms with Crippen LogP contribution in [0.4, 0.5) is 0 Å². The number of aliphatic hydroxyl groups excluding tert-OH is 1. The van der Waals surface area contributed by atoms with Crippen molar-refractivity contribution in [1.82, 2.24) is 0 Å². The zero-order valence-electron chi connectivity index (χ0n) is 9.82. The van der Waals surface area contributed by atoms with Crippen LogP contribution in [-0.2, 0) is 0 Å². The predicted molar refractivity (Wildman–Crippen MR) is 69.0 cm³/mol. The Morgan fingerprint density at radius 2 is 1.75 bits per heavy atom. The van der Waals surface area contributed by atoms with Crippen molar-refractivity contribution in [2.75, 3.05) is 0 Å². The molecule has 2 rings (SSSR count). The fourth-order valence-electron chi connectivity index (χ4n) is 1.89. The molecule has 0 saturated heterocycles. The van der Waals surface area contributed by atoms with Crippen molar-refractivity contribution in [3.8, 4) is 0 Å². The van der Waals surface area contributed by atoms with Gasteiger partial charge in [-0.05, 0) is 65.4 Å². The maximum Gasteiger partial charge on any atom is 0.105 e. The van der Waals surface area contributed by atoms with E-state index in [4.69, 9.17) is 0 Å². The second-order valence-electron chi connectivity index (χ2n) is 4.25. The fraction of sp³-hybridized carbons (Fsp3) is 0.286. The molecule has 1 heterocycles. The molecule has 1 nitrogen and oxygen atoms in total. The molecular formula is C14H16OS. The molecule has 2 aromatic rings. The third-order valence-electron chi connectivity index (χ3n) is 3.04. The molecule has 0 aliphatic rings. The molecule has 0 radical (unpaired) electrons. The largest absolute Gasteiger partial charge is 0.384 e. The Morgan fingerprint density at radius 3 is 2.38 bits per heavy atom. The number of hydrogen-bond donors (Lipinski definition) is 1. The highest BCUT2D eigenvalue weighted by molar-refractivity contribution is 7.07. The van der Waals surface area contributed by atoms with Gasteiger partial charge in [-0.2, -0.15) is 11.3 Å². The van der Waals surface area contributed by atoms with Gasteiger partial charge in [0.1, 0.15) is 6.10 Å². The molecule has 0 aliphatic carbocycles. The summed E-state index contributed by atoms with van der Waals surface area (Å²) in [6.07, 6.45) is -0.495. The Balaban J connectivity index is 2.44. The van der Waals surface area contributed by atoms with E-state index in [-0.39, 0.29) is 0 Å². The van der Waals surface area contributed by atoms with E-state index in [1.165, 1.54) is 11.1 Å². The van der Waals surface area contributed by atoms with Gasteiger partial charge in [0.2, 0.25) is 0 Å². The van der Waals surface area contributed by atoms with Crippen LogP contribution in [0, 0.1) is 20.8 Å². The zero-order valence-corrected chi connectivity index (χ0v) is 10.6. The predicted octanol–water partition coefficient (Wildman–Crippen LogP) is 3.76. The highest BCUT2D eigenvalue weighted by Crippen LogP contribution is 2.28. The molecule has 16 heavy (non-hydrogen) atoms. The van der Waals surface area contributed by atoms with Crippen LogP contribution in [0.15, 0.2) is 29.0 Å². The Labute approximate surface area is 100 Å². The molecule has 1 unspecified atom stereocenters. The van der Waals surface area contributed by atoms with Crippen molar-refractivity contribution in [2.45, 2.75) is 26.9 Å². The summed E-state index contributed by atoms with van der Waals surface area (Å²) in [5.74, 6) is 0. The van der Waals surface area contributed by atoms with Crippen LogP contribution in [0.2, 0.25) is 0 Å². The summed E-state index contributed by atoms with van der Waals surface area (Å²) in [7, 11) is 0. The number of hydrogen-bond acceptors (Lipinski definition) is 2. The van der Waals surface area contributed by atoms with Crippen LogP contribution in [0.25, 0.3) is 0 Å². The molecule has 84 valence electrons. The SMILES string of the molecule is Cc1cc(C)c(C(O)c2ccsc2)cc1C. The molecule has 1 atom stereocenters. The van der Waals surface area contributed by atoms with Crippen LogP contribution in [0.1, 0.15) is 33.9 Å². The maximum atomic E-state index is 10.3. The van der Waals surface area contributed by atoms with E-state index >= 15 is 0 Å². The van der Waals surface area contributed by atoms with Crippen LogP contribution in [0.5, 0.6) is 0 Å². The van der Waals surface area contributed by atoms with E-state index in [2.05, 4.69) is 32.9 Å². The second-order valence-corrected chi connectivity index (χ2v) is 5.03. The van der Waals surface area contributed by atoms with Gasteiger partial charge in [0.25, 0.3) is 0 Å². The fourth-order valence-corrected chi connectivity index (χ4v) is 2.57. The van der Waals surface area contributed by atoms with E-state index in [1.54, 1.807) is 11.3 Å². The first kappa shape index (κ1) is 11.4. The minimum absolute atomic E-state index is 0.495. The lowest BCUT2D eigenvalue weighted by Gasteiger charge is -2.15. The first-order valence-corrected chi connectivity index (χ1v) is 6.32. The molecule has 0 amide bonds. The smallest absolute Gasteiger partial charge is 0.105 e. The van der Waals surface area contributed by atoms with Gasteiger partial charge in [0.05, 0.1) is 0 Å². The van der Waals surface area contributed by atoms with E-state index in [0.29, 0.717) is 0 Å². The number of rotatable bonds is 2. The number of aliphatic hydroxyl groups is 1. The first-order valence-electron chi connectivity index (χ1n) is 5.37. The van der Waals surface area contributed by atoms with Crippen LogP contribution in [0.3, 0.4) is 0 Å². The molecule has 2 heteroatoms. The molecule has 0 spiro atoms. The molecule has 0 bridgehead atoms. The molecule has 1 aromatic carbocycles. The Morgan fingerprint density at radius 1 is 1.06 bits per heavy atom. The standard InChI is InChI=1S/C14H16OS/c1-9-6-11(3)13(7-10(9)2)14(15)12-4-5-16-8-12/h4-8,14-15H,1-3H3. The minimum Gasteiger partial charge on any atom is -0.384 e. The van der Waals surface area contributed by atoms with Crippen molar-refractivity contribution < 1.29 is 5.11 Å². The van der Waals surface area contributed by atoms with Gasteiger partial charge >= 0.3 is 0 Å². The van der Waals surface area contributed by atoms with Crippen molar-refractivity contribution in [3.05, 3.63) is 56.8 Å². The quantitative estimate of drug-likeness (QED) is 0.836. The number of aryl methyl sites for hydroxylation is 3. The summed E-state index contributed by atoms with van der Waals surface area (Å²) < 4.78 is 0. The summed E-state index contributed by atoms with van der Waals surface area (Å²) in [6.45, 7) is 6.24. The van der Waals surface area contributed by atoms with Gasteiger partial charge in [0, 0.05) is 0 Å². The average Bonchev–Trinajstić information content (AvgIpc) is 2.75. The van der Waals surface area contributed by atoms with Gasteiger partial charge in [-0.3, -0.25) is 0 Å². The highest BCUT2D eigenvalue weighted by atomic mass is 32.1. The first-order chi connectivity index (χ1) is 7.59. The minimum atomic E-state index is -0.495. The molecular weight excluding hydrogens is 216 g/mol. The van der Waals surface area contributed by atoms with Crippen LogP contribution in [-0.4, -0.2) is 5.11 Å². The van der Waals surface area contributed by atoms with E-state index in [9.17, 15) is 5.11 Å². The van der Waals surface area contributed by atoms with Crippen LogP contribution >= 0.6 is 11.3 Å². The summed E-state index contributed by atoms with van der Waals surface area (Å²) in [6, 6.07) is 6.21. The molecule has 0 saturated carbocycles. The molecule has 1 aromatic heterocycles. The number of thiophene rings is 1. The monoisotopic (exact) mass is 232 g/mol. The average molecular weight is 232 g/mol. The Bertz CT molecular complexity index is 486. The lowest BCUT2D eigenvalue weighted by Crippen LogP contribution is -2.02. The third kappa shape index (κ3) is 2.04. The van der Waals surface area contributed by atoms with Crippen molar-refractivity contribution in [2.24, 2.45) is 0 Å². The highest BCUT2D eigenvalue weighted by Gasteiger charge is 2.14. The Kier molecular flexibility index (Phi) is 3.13. The summed E-state index contributed by atoms with van der Waals surface area (Å²) in [4.78, 5) is 0. The maximum absolute atomic E-state index is 10.3. The molecule has 1 N–H and O–H groups in total. The van der Waals surface area contributed by atoms with E-state index in [0.717, 1.165) is 16.7 Å². The Hall–Kier alpha value is -1.12. The zero-order chi connectivity index (χ0) is 11.7. The lowest BCUT2D eigenvalue weighted by atomic mass is 9.95. The normalized spacial score (nSPS) is 12.8. The van der Waals surface area contributed by atoms with Gasteiger partial charge < -0.3 is 5.11 Å². The van der Waals surface area contributed by atoms with E-state index in [1.807, 2.05) is 16.8 Å². The summed E-state index contributed by atoms with van der Waals surface area (Å²) in [5.41, 5.74) is 5.66. The topological polar surface area (TPSA) is 20.2 Å². The van der Waals surface area contributed by atoms with Crippen molar-refractivity contribution in [1.29, 1.82) is 0 Å². The summed E-state index contributed by atoms with van der Waals surface area (Å²) >= 11 is 1.62. The lowest BCUT2D eigenvalue weighted by molar-refractivity contribution is 0.220. The van der Waals surface area contributed by atoms with Crippen molar-refractivity contribution >= 4 is 11.3 Å².